The molecule has 120 valence electrons. The zero-order valence-corrected chi connectivity index (χ0v) is 13.6. The molecule has 0 aliphatic carbocycles. The Kier molecular flexibility index (Phi) is 6.39. The van der Waals surface area contributed by atoms with Gasteiger partial charge in [-0.05, 0) is 30.9 Å². The molecule has 0 aromatic heterocycles. The van der Waals surface area contributed by atoms with Crippen LogP contribution in [-0.2, 0) is 4.79 Å². The molecular formula is C17H24N2O3. The summed E-state index contributed by atoms with van der Waals surface area (Å²) in [5.74, 6) is 0.0695. The third-order valence-corrected chi connectivity index (χ3v) is 3.11. The Balaban J connectivity index is 2.67. The minimum Gasteiger partial charge on any atom is -0.480 e. The molecule has 1 rings (SSSR count). The quantitative estimate of drug-likeness (QED) is 0.844. The van der Waals surface area contributed by atoms with Gasteiger partial charge in [0.05, 0.1) is 18.2 Å². The molecule has 22 heavy (non-hydrogen) atoms. The van der Waals surface area contributed by atoms with Crippen LogP contribution in [0.25, 0.3) is 0 Å². The molecule has 1 aromatic rings. The molecule has 0 aliphatic heterocycles. The molecule has 2 unspecified atom stereocenters. The highest BCUT2D eigenvalue weighted by Crippen LogP contribution is 2.21. The number of nitrogens with zero attached hydrogens (tertiary/aromatic N) is 1. The van der Waals surface area contributed by atoms with Gasteiger partial charge in [-0.25, -0.2) is 0 Å². The van der Waals surface area contributed by atoms with Gasteiger partial charge in [0, 0.05) is 0 Å². The molecule has 1 aromatic carbocycles. The zero-order valence-electron chi connectivity index (χ0n) is 13.6. The van der Waals surface area contributed by atoms with E-state index in [2.05, 4.69) is 5.32 Å². The van der Waals surface area contributed by atoms with Gasteiger partial charge in [0.25, 0.3) is 5.91 Å². The fourth-order valence-electron chi connectivity index (χ4n) is 2.12. The SMILES string of the molecule is CC(Oc1ccccc1C#N)C(=O)NC(CO)CC(C)(C)C. The average molecular weight is 304 g/mol. The number of aliphatic hydroxyl groups excluding tert-OH is 1. The van der Waals surface area contributed by atoms with Gasteiger partial charge in [-0.2, -0.15) is 5.26 Å². The van der Waals surface area contributed by atoms with E-state index in [0.717, 1.165) is 0 Å². The van der Waals surface area contributed by atoms with E-state index < -0.39 is 6.10 Å². The van der Waals surface area contributed by atoms with Crippen LogP contribution in [0.3, 0.4) is 0 Å². The molecule has 2 atom stereocenters. The van der Waals surface area contributed by atoms with Crippen LogP contribution in [0.15, 0.2) is 24.3 Å². The molecule has 2 N–H and O–H groups in total. The Morgan fingerprint density at radius 1 is 1.41 bits per heavy atom. The van der Waals surface area contributed by atoms with Crippen molar-refractivity contribution in [2.24, 2.45) is 5.41 Å². The standard InChI is InChI=1S/C17H24N2O3/c1-12(22-15-8-6-5-7-13(15)10-18)16(21)19-14(11-20)9-17(2,3)4/h5-8,12,14,20H,9,11H2,1-4H3,(H,19,21). The largest absolute Gasteiger partial charge is 0.480 e. The smallest absolute Gasteiger partial charge is 0.261 e. The summed E-state index contributed by atoms with van der Waals surface area (Å²) in [4.78, 5) is 12.2. The normalized spacial score (nSPS) is 13.8. The van der Waals surface area contributed by atoms with Crippen molar-refractivity contribution < 1.29 is 14.6 Å². The second-order valence-corrected chi connectivity index (χ2v) is 6.52. The van der Waals surface area contributed by atoms with E-state index in [9.17, 15) is 9.90 Å². The van der Waals surface area contributed by atoms with Crippen molar-refractivity contribution in [2.45, 2.75) is 46.3 Å². The molecule has 0 saturated heterocycles. The molecule has 5 nitrogen and oxygen atoms in total. The van der Waals surface area contributed by atoms with E-state index in [4.69, 9.17) is 10.00 Å². The highest BCUT2D eigenvalue weighted by atomic mass is 16.5. The van der Waals surface area contributed by atoms with Gasteiger partial charge in [0.2, 0.25) is 0 Å². The summed E-state index contributed by atoms with van der Waals surface area (Å²) in [5.41, 5.74) is 0.383. The Labute approximate surface area is 131 Å². The van der Waals surface area contributed by atoms with Crippen LogP contribution in [0.1, 0.15) is 39.7 Å². The molecule has 5 heteroatoms. The second kappa shape index (κ2) is 7.81. The van der Waals surface area contributed by atoms with Crippen molar-refractivity contribution >= 4 is 5.91 Å². The lowest BCUT2D eigenvalue weighted by molar-refractivity contribution is -0.128. The number of amides is 1. The number of carbonyl (C=O) groups is 1. The van der Waals surface area contributed by atoms with Gasteiger partial charge in [-0.15, -0.1) is 0 Å². The van der Waals surface area contributed by atoms with Crippen LogP contribution >= 0.6 is 0 Å². The monoisotopic (exact) mass is 304 g/mol. The summed E-state index contributed by atoms with van der Waals surface area (Å²) in [6, 6.07) is 8.48. The Bertz CT molecular complexity index is 544. The number of hydrogen-bond acceptors (Lipinski definition) is 4. The van der Waals surface area contributed by atoms with Gasteiger partial charge in [0.1, 0.15) is 11.8 Å². The molecule has 0 heterocycles. The molecule has 0 bridgehead atoms. The van der Waals surface area contributed by atoms with Crippen molar-refractivity contribution in [3.05, 3.63) is 29.8 Å². The maximum atomic E-state index is 12.2. The zero-order chi connectivity index (χ0) is 16.8. The first kappa shape index (κ1) is 18.0. The Morgan fingerprint density at radius 2 is 2.05 bits per heavy atom. The third-order valence-electron chi connectivity index (χ3n) is 3.11. The van der Waals surface area contributed by atoms with Crippen LogP contribution < -0.4 is 10.1 Å². The maximum absolute atomic E-state index is 12.2. The van der Waals surface area contributed by atoms with Crippen molar-refractivity contribution in [1.29, 1.82) is 5.26 Å². The molecule has 1 amide bonds. The number of hydrogen-bond donors (Lipinski definition) is 2. The van der Waals surface area contributed by atoms with Crippen molar-refractivity contribution in [3.63, 3.8) is 0 Å². The molecule has 0 radical (unpaired) electrons. The average Bonchev–Trinajstić information content (AvgIpc) is 2.45. The molecular weight excluding hydrogens is 280 g/mol. The van der Waals surface area contributed by atoms with Crippen molar-refractivity contribution in [3.8, 4) is 11.8 Å². The van der Waals surface area contributed by atoms with Crippen LogP contribution in [0.4, 0.5) is 0 Å². The number of benzene rings is 1. The summed E-state index contributed by atoms with van der Waals surface area (Å²) in [7, 11) is 0. The van der Waals surface area contributed by atoms with E-state index in [0.29, 0.717) is 17.7 Å². The van der Waals surface area contributed by atoms with Crippen LogP contribution in [0.2, 0.25) is 0 Å². The van der Waals surface area contributed by atoms with Gasteiger partial charge in [0.15, 0.2) is 6.10 Å². The van der Waals surface area contributed by atoms with Gasteiger partial charge >= 0.3 is 0 Å². The predicted molar refractivity (Wildman–Crippen MR) is 84.3 cm³/mol. The minimum atomic E-state index is -0.747. The summed E-state index contributed by atoms with van der Waals surface area (Å²) >= 11 is 0. The lowest BCUT2D eigenvalue weighted by Gasteiger charge is -2.26. The number of rotatable bonds is 6. The number of carbonyl (C=O) groups excluding carboxylic acids is 1. The molecule has 0 aliphatic rings. The molecule has 0 spiro atoms. The fourth-order valence-corrected chi connectivity index (χ4v) is 2.12. The number of aliphatic hydroxyl groups is 1. The predicted octanol–water partition coefficient (Wildman–Crippen LogP) is 2.24. The van der Waals surface area contributed by atoms with Gasteiger partial charge in [-0.1, -0.05) is 32.9 Å². The van der Waals surface area contributed by atoms with Crippen LogP contribution in [0, 0.1) is 16.7 Å². The number of nitrogens with one attached hydrogen (secondary N) is 1. The minimum absolute atomic E-state index is 0.00181. The van der Waals surface area contributed by atoms with E-state index in [1.165, 1.54) is 0 Å². The molecule has 0 saturated carbocycles. The number of ether oxygens (including phenoxy) is 1. The highest BCUT2D eigenvalue weighted by molar-refractivity contribution is 5.81. The third kappa shape index (κ3) is 5.74. The topological polar surface area (TPSA) is 82.3 Å². The van der Waals surface area contributed by atoms with E-state index >= 15 is 0 Å². The first-order valence-electron chi connectivity index (χ1n) is 7.34. The summed E-state index contributed by atoms with van der Waals surface area (Å²) in [5, 5.41) is 21.2. The lowest BCUT2D eigenvalue weighted by Crippen LogP contribution is -2.45. The summed E-state index contributed by atoms with van der Waals surface area (Å²) in [6.07, 6.45) is -0.0833. The maximum Gasteiger partial charge on any atom is 0.261 e. The number of nitriles is 1. The summed E-state index contributed by atoms with van der Waals surface area (Å²) in [6.45, 7) is 7.64. The molecule has 0 fully saturated rings. The first-order chi connectivity index (χ1) is 10.3. The highest BCUT2D eigenvalue weighted by Gasteiger charge is 2.23. The van der Waals surface area contributed by atoms with Gasteiger partial charge < -0.3 is 15.2 Å². The van der Waals surface area contributed by atoms with Crippen molar-refractivity contribution in [2.75, 3.05) is 6.61 Å². The van der Waals surface area contributed by atoms with Crippen LogP contribution in [0.5, 0.6) is 5.75 Å². The Hall–Kier alpha value is -2.06. The second-order valence-electron chi connectivity index (χ2n) is 6.52. The summed E-state index contributed by atoms with van der Waals surface area (Å²) < 4.78 is 5.56. The number of para-hydroxylation sites is 1. The van der Waals surface area contributed by atoms with E-state index in [-0.39, 0.29) is 24.0 Å². The van der Waals surface area contributed by atoms with Crippen LogP contribution in [-0.4, -0.2) is 29.8 Å². The van der Waals surface area contributed by atoms with Crippen molar-refractivity contribution in [1.82, 2.24) is 5.32 Å². The Morgan fingerprint density at radius 3 is 2.59 bits per heavy atom. The first-order valence-corrected chi connectivity index (χ1v) is 7.34. The lowest BCUT2D eigenvalue weighted by atomic mass is 9.88. The fraction of sp³-hybridized carbons (Fsp3) is 0.529. The van der Waals surface area contributed by atoms with E-state index in [1.807, 2.05) is 26.8 Å². The van der Waals surface area contributed by atoms with E-state index in [1.54, 1.807) is 31.2 Å². The van der Waals surface area contributed by atoms with Gasteiger partial charge in [-0.3, -0.25) is 4.79 Å².